The van der Waals surface area contributed by atoms with Gasteiger partial charge in [-0.2, -0.15) is 17.5 Å². The average molecular weight is 1980 g/mol. The number of carboxylic acids is 1. The fraction of sp³-hybridized carbons (Fsp3) is 0.590. The van der Waals surface area contributed by atoms with E-state index in [9.17, 15) is 48.9 Å². The Hall–Kier alpha value is -9.77. The number of carbonyl (C=O) groups is 7. The summed E-state index contributed by atoms with van der Waals surface area (Å²) in [5.74, 6) is 0.236. The van der Waals surface area contributed by atoms with Crippen LogP contribution in [0.4, 0.5) is 19.2 Å². The van der Waals surface area contributed by atoms with Crippen molar-refractivity contribution in [2.75, 3.05) is 28.2 Å². The number of phenols is 1. The summed E-state index contributed by atoms with van der Waals surface area (Å²) in [5, 5.41) is 28.1. The number of nitrogens with zero attached hydrogens (tertiary/aromatic N) is 8. The molecule has 0 bridgehead atoms. The van der Waals surface area contributed by atoms with Crippen molar-refractivity contribution in [1.29, 1.82) is 0 Å². The fourth-order valence-electron chi connectivity index (χ4n) is 19.0. The van der Waals surface area contributed by atoms with Gasteiger partial charge in [0.25, 0.3) is 0 Å². The molecule has 8 fully saturated rings. The maximum atomic E-state index is 12.6. The van der Waals surface area contributed by atoms with Crippen LogP contribution in [0.15, 0.2) is 97.1 Å². The van der Waals surface area contributed by atoms with Crippen LogP contribution in [0.25, 0.3) is 45.0 Å². The van der Waals surface area contributed by atoms with Crippen molar-refractivity contribution < 1.29 is 96.1 Å². The number of aliphatic hydroxyl groups excluding tert-OH is 1. The highest BCUT2D eigenvalue weighted by molar-refractivity contribution is 7.07. The van der Waals surface area contributed by atoms with Crippen LogP contribution in [0.1, 0.15) is 277 Å². The van der Waals surface area contributed by atoms with Gasteiger partial charge in [-0.15, -0.1) is 0 Å². The topological polar surface area (TPSA) is 337 Å². The van der Waals surface area contributed by atoms with E-state index in [1.165, 1.54) is 97.5 Å². The second kappa shape index (κ2) is 50.6. The zero-order valence-electron chi connectivity index (χ0n) is 83.4. The SMILES string of the molecule is CC(C)OC(=O)[C@@H]1CCC[C@H](O)C1.Cc1snc(-c2ccc(B3OC(C)(C)C(C)(C)O3)cc2)c1COC(=O)N(C)C1CCCC1.Cc1snc(-c2ccc(O)cc2)c1COC(=O)N(C)C1CCCC1.Cc1snc(-c2ccc(O[C@H]3CCC[C@H](C(=O)O)C3)cc2)c1COC(=O)N(C)C1CCCC1.Cc1snc(-c2ccc(O[C@H]3CCC[C@H](C(=O)OC(C)C)C3)cc2)c1COC(=O)N(C)C1CCCC1. The van der Waals surface area contributed by atoms with Gasteiger partial charge in [0.15, 0.2) is 0 Å². The Balaban J connectivity index is 0.000000159. The Labute approximate surface area is 831 Å². The zero-order valence-corrected chi connectivity index (χ0v) is 86.6. The lowest BCUT2D eigenvalue weighted by molar-refractivity contribution is -0.155. The standard InChI is InChI=1S/C28H38N2O5S.C25H32N2O5S.C24H33BN2O4S.C18H22N2O3S.C10H18O3/c1-18(2)34-27(31)21-8-7-11-24(16-21)35-23-14-12-20(13-15-23)26-25(19(3)36-29-26)17-33-28(32)30(4)22-9-5-6-10-22;1-16-22(15-31-25(30)27(2)19-7-3-4-8-19)23(26-33-16)17-10-12-20(13-11-17)32-21-9-5-6-18(14-21)24(28)29;1-16-20(15-29-22(28)27(6)19-9-7-8-10-19)21(26-32-16)17-11-13-18(14-12-17)25-30-23(2,3)24(4,5)31-25;1-12-16(11-23-18(22)20(2)14-5-3-4-6-14)17(19-24-12)13-7-9-15(21)10-8-13;1-7(2)13-10(12)8-4-3-5-9(11)6-8/h12-15,18,21-22,24H,5-11,16-17H2,1-4H3;10-13,18-19,21H,3-9,14-15H2,1-2H3,(H,28,29);11-14,19H,7-10,15H2,1-6H3;7-10,14,21H,3-6,11H2,1-2H3;7-9,11H,3-6H2,1-2H3/t21-,24-;18-,21-;;;8-,9+/m00..1/s1. The molecule has 33 heteroatoms. The summed E-state index contributed by atoms with van der Waals surface area (Å²) in [6.07, 6.45) is 25.9. The minimum Gasteiger partial charge on any atom is -0.508 e. The molecule has 1 saturated heterocycles. The van der Waals surface area contributed by atoms with Crippen LogP contribution in [0.5, 0.6) is 17.2 Å². The van der Waals surface area contributed by atoms with Crippen LogP contribution in [-0.2, 0) is 78.5 Å². The maximum Gasteiger partial charge on any atom is 0.494 e. The van der Waals surface area contributed by atoms with Crippen LogP contribution in [0.2, 0.25) is 0 Å². The summed E-state index contributed by atoms with van der Waals surface area (Å²) in [6.45, 7) is 24.5. The third-order valence-electron chi connectivity index (χ3n) is 28.3. The Morgan fingerprint density at radius 1 is 0.391 bits per heavy atom. The molecule has 8 aliphatic rings. The Bertz CT molecular complexity index is 5260. The summed E-state index contributed by atoms with van der Waals surface area (Å²) in [7, 11) is 6.92. The number of carboxylic acid groups (broad SMARTS) is 1. The number of aryl methyl sites for hydroxylation is 4. The van der Waals surface area contributed by atoms with Crippen LogP contribution < -0.4 is 14.9 Å². The number of hydrogen-bond acceptors (Lipinski definition) is 27. The number of ether oxygens (including phenoxy) is 8. The molecule has 3 N–H and O–H groups in total. The average Bonchev–Trinajstić information content (AvgIpc) is 1.62. The molecule has 4 amide bonds. The van der Waals surface area contributed by atoms with E-state index in [0.717, 1.165) is 213 Å². The summed E-state index contributed by atoms with van der Waals surface area (Å²) >= 11 is 5.66. The third-order valence-corrected chi connectivity index (χ3v) is 31.4. The molecule has 7 aliphatic carbocycles. The van der Waals surface area contributed by atoms with Crippen LogP contribution in [-0.4, -0.2) is 196 Å². The Kier molecular flexibility index (Phi) is 39.2. The van der Waals surface area contributed by atoms with Gasteiger partial charge in [0, 0.05) is 116 Å². The van der Waals surface area contributed by atoms with Crippen molar-refractivity contribution >= 4 is 101 Å². The second-order valence-electron chi connectivity index (χ2n) is 39.5. The lowest BCUT2D eigenvalue weighted by Crippen LogP contribution is -2.41. The quantitative estimate of drug-likeness (QED) is 0.0257. The van der Waals surface area contributed by atoms with Gasteiger partial charge < -0.3 is 82.1 Å². The van der Waals surface area contributed by atoms with Gasteiger partial charge in [0.1, 0.15) is 43.7 Å². The molecule has 1 aliphatic heterocycles. The number of aromatic nitrogens is 4. The van der Waals surface area contributed by atoms with Crippen molar-refractivity contribution in [3.8, 4) is 62.3 Å². The molecule has 5 heterocycles. The minimum absolute atomic E-state index is 0.00246. The van der Waals surface area contributed by atoms with Crippen molar-refractivity contribution in [3.05, 3.63) is 139 Å². The minimum atomic E-state index is -0.736. The van der Waals surface area contributed by atoms with Crippen molar-refractivity contribution in [3.63, 3.8) is 0 Å². The molecule has 0 radical (unpaired) electrons. The van der Waals surface area contributed by atoms with Crippen molar-refractivity contribution in [1.82, 2.24) is 37.1 Å². The molecule has 0 unspecified atom stereocenters. The van der Waals surface area contributed by atoms with Crippen LogP contribution in [0.3, 0.4) is 0 Å². The number of amides is 4. The van der Waals surface area contributed by atoms with Gasteiger partial charge in [-0.1, -0.05) is 82.1 Å². The van der Waals surface area contributed by atoms with Crippen LogP contribution in [0, 0.1) is 45.4 Å². The summed E-state index contributed by atoms with van der Waals surface area (Å²) in [4.78, 5) is 96.1. The van der Waals surface area contributed by atoms with Crippen molar-refractivity contribution in [2.24, 2.45) is 17.8 Å². The first kappa shape index (κ1) is 107. The highest BCUT2D eigenvalue weighted by Gasteiger charge is 2.52. The summed E-state index contributed by atoms with van der Waals surface area (Å²) < 4.78 is 75.9. The third kappa shape index (κ3) is 29.5. The summed E-state index contributed by atoms with van der Waals surface area (Å²) in [6, 6.07) is 31.8. The predicted molar refractivity (Wildman–Crippen MR) is 538 cm³/mol. The number of hydrogen-bond donors (Lipinski definition) is 3. The number of carbonyl (C=O) groups excluding carboxylic acids is 6. The lowest BCUT2D eigenvalue weighted by Gasteiger charge is -2.32. The van der Waals surface area contributed by atoms with Gasteiger partial charge in [-0.25, -0.2) is 19.2 Å². The van der Waals surface area contributed by atoms with Crippen LogP contribution >= 0.6 is 46.1 Å². The molecule has 8 aromatic rings. The smallest absolute Gasteiger partial charge is 0.494 e. The fourth-order valence-corrected chi connectivity index (χ4v) is 21.8. The number of rotatable bonds is 26. The van der Waals surface area contributed by atoms with Gasteiger partial charge >= 0.3 is 49.4 Å². The van der Waals surface area contributed by atoms with E-state index < -0.39 is 13.1 Å². The molecular formula is C105H143BN8O20S4. The van der Waals surface area contributed by atoms with E-state index in [2.05, 4.69) is 45.2 Å². The molecular weight excluding hydrogens is 1830 g/mol. The lowest BCUT2D eigenvalue weighted by atomic mass is 9.78. The monoisotopic (exact) mass is 1970 g/mol. The number of aliphatic carboxylic acids is 1. The molecule has 6 atom stereocenters. The van der Waals surface area contributed by atoms with Gasteiger partial charge in [-0.05, 0) is 329 Å². The number of benzene rings is 4. The van der Waals surface area contributed by atoms with Crippen molar-refractivity contribution in [2.45, 2.75) is 355 Å². The number of phenolic OH excluding ortho intramolecular Hbond substituents is 1. The van der Waals surface area contributed by atoms with E-state index in [4.69, 9.17) is 47.2 Å². The number of esters is 2. The number of aliphatic hydroxyl groups is 1. The largest absolute Gasteiger partial charge is 0.508 e. The van der Waals surface area contributed by atoms with Gasteiger partial charge in [0.2, 0.25) is 0 Å². The first-order valence-corrected chi connectivity index (χ1v) is 52.6. The highest BCUT2D eigenvalue weighted by atomic mass is 32.1. The first-order valence-electron chi connectivity index (χ1n) is 49.5. The molecule has 4 aromatic heterocycles. The Morgan fingerprint density at radius 3 is 0.964 bits per heavy atom. The van der Waals surface area contributed by atoms with E-state index >= 15 is 0 Å². The second-order valence-corrected chi connectivity index (χ2v) is 43.4. The summed E-state index contributed by atoms with van der Waals surface area (Å²) in [5.41, 5.74) is 11.2. The van der Waals surface area contributed by atoms with E-state index in [1.807, 2.05) is 169 Å². The van der Waals surface area contributed by atoms with E-state index in [1.54, 1.807) is 31.7 Å². The maximum absolute atomic E-state index is 12.6. The molecule has 28 nitrogen and oxygen atoms in total. The molecule has 16 rings (SSSR count). The molecule has 7 saturated carbocycles. The number of aromatic hydroxyl groups is 1. The van der Waals surface area contributed by atoms with E-state index in [-0.39, 0.29) is 140 Å². The predicted octanol–water partition coefficient (Wildman–Crippen LogP) is 22.9. The van der Waals surface area contributed by atoms with Gasteiger partial charge in [-0.3, -0.25) is 14.4 Å². The molecule has 4 aromatic carbocycles. The highest BCUT2D eigenvalue weighted by Crippen LogP contribution is 2.41. The molecule has 750 valence electrons. The van der Waals surface area contributed by atoms with Gasteiger partial charge in [0.05, 0.1) is 82.3 Å². The normalized spacial score (nSPS) is 20.3. The zero-order chi connectivity index (χ0) is 99.1. The van der Waals surface area contributed by atoms with E-state index in [0.29, 0.717) is 31.3 Å². The molecule has 0 spiro atoms. The molecule has 138 heavy (non-hydrogen) atoms. The first-order chi connectivity index (χ1) is 66.0. The Morgan fingerprint density at radius 2 is 0.667 bits per heavy atom.